The molecule has 3 aliphatic heterocycles. The molecule has 0 radical (unpaired) electrons. The van der Waals surface area contributed by atoms with Crippen LogP contribution in [-0.4, -0.2) is 80.1 Å². The molecule has 6 aromatic rings. The number of nitriles is 1. The number of rotatable bonds is 7. The van der Waals surface area contributed by atoms with E-state index in [1.54, 1.807) is 6.20 Å². The monoisotopic (exact) mass is 745 g/mol. The minimum absolute atomic E-state index is 0.00142. The number of aromatic nitrogens is 6. The number of nitrogens with zero attached hydrogens (tertiary/aromatic N) is 8. The lowest BCUT2D eigenvalue weighted by molar-refractivity contribution is -0.143. The summed E-state index contributed by atoms with van der Waals surface area (Å²) in [5.41, 5.74) is 6.68. The highest BCUT2D eigenvalue weighted by atomic mass is 19.4. The van der Waals surface area contributed by atoms with Gasteiger partial charge in [0.25, 0.3) is 0 Å². The van der Waals surface area contributed by atoms with Gasteiger partial charge in [0.05, 0.1) is 37.6 Å². The first-order valence-electron chi connectivity index (χ1n) is 18.4. The number of ether oxygens (including phenoxy) is 1. The van der Waals surface area contributed by atoms with Crippen LogP contribution in [0.15, 0.2) is 79.6 Å². The first kappa shape index (κ1) is 33.9. The van der Waals surface area contributed by atoms with E-state index >= 15 is 4.39 Å². The summed E-state index contributed by atoms with van der Waals surface area (Å²) in [6.45, 7) is 3.78. The van der Waals surface area contributed by atoms with Gasteiger partial charge in [-0.1, -0.05) is 36.4 Å². The van der Waals surface area contributed by atoms with Crippen LogP contribution in [0.25, 0.3) is 33.4 Å². The Morgan fingerprint density at radius 2 is 1.78 bits per heavy atom. The van der Waals surface area contributed by atoms with Gasteiger partial charge in [-0.15, -0.1) is 0 Å². The molecule has 2 aromatic carbocycles. The van der Waals surface area contributed by atoms with Crippen molar-refractivity contribution >= 4 is 16.7 Å². The Morgan fingerprint density at radius 3 is 2.58 bits per heavy atom. The van der Waals surface area contributed by atoms with Crippen LogP contribution in [0.4, 0.5) is 23.2 Å². The second-order valence-electron chi connectivity index (χ2n) is 15.3. The number of aromatic amines is 1. The van der Waals surface area contributed by atoms with E-state index in [9.17, 15) is 18.4 Å². The van der Waals surface area contributed by atoms with Crippen LogP contribution >= 0.6 is 0 Å². The molecule has 55 heavy (non-hydrogen) atoms. The lowest BCUT2D eigenvalue weighted by Gasteiger charge is -2.59. The molecule has 2 atom stereocenters. The number of hydrogen-bond acceptors (Lipinski definition) is 8. The molecule has 2 unspecified atom stereocenters. The molecule has 278 valence electrons. The Bertz CT molecular complexity index is 2480. The molecule has 0 saturated carbocycles. The summed E-state index contributed by atoms with van der Waals surface area (Å²) >= 11 is 0. The van der Waals surface area contributed by atoms with E-state index < -0.39 is 23.2 Å². The molecular weight excluding hydrogens is 711 g/mol. The molecule has 1 aliphatic carbocycles. The lowest BCUT2D eigenvalue weighted by atomic mass is 9.75. The minimum atomic E-state index is -4.89. The number of halogens is 4. The number of alkyl halides is 3. The summed E-state index contributed by atoms with van der Waals surface area (Å²) in [6.07, 6.45) is 4.28. The van der Waals surface area contributed by atoms with Crippen molar-refractivity contribution in [1.82, 2.24) is 34.6 Å². The molecule has 3 saturated heterocycles. The van der Waals surface area contributed by atoms with Crippen molar-refractivity contribution in [1.29, 1.82) is 5.26 Å². The summed E-state index contributed by atoms with van der Waals surface area (Å²) in [7, 11) is 0. The number of pyridine rings is 1. The molecule has 0 amide bonds. The molecule has 4 aromatic heterocycles. The third kappa shape index (κ3) is 5.51. The molecular formula is C41H35F4N9O. The fraction of sp³-hybridized carbons (Fsp3) is 0.341. The van der Waals surface area contributed by atoms with E-state index in [1.165, 1.54) is 18.0 Å². The third-order valence-electron chi connectivity index (χ3n) is 12.0. The van der Waals surface area contributed by atoms with Gasteiger partial charge in [-0.3, -0.25) is 9.58 Å². The Labute approximate surface area is 313 Å². The van der Waals surface area contributed by atoms with Crippen LogP contribution in [-0.2, 0) is 29.3 Å². The summed E-state index contributed by atoms with van der Waals surface area (Å²) in [6, 6.07) is 18.1. The molecule has 7 heterocycles. The van der Waals surface area contributed by atoms with Crippen LogP contribution in [0.1, 0.15) is 34.4 Å². The number of piperidine rings is 1. The highest BCUT2D eigenvalue weighted by molar-refractivity contribution is 5.90. The van der Waals surface area contributed by atoms with Gasteiger partial charge in [0.15, 0.2) is 11.5 Å². The van der Waals surface area contributed by atoms with Crippen molar-refractivity contribution in [2.45, 2.75) is 37.0 Å². The highest BCUT2D eigenvalue weighted by Crippen LogP contribution is 2.47. The van der Waals surface area contributed by atoms with Crippen LogP contribution in [0.3, 0.4) is 0 Å². The van der Waals surface area contributed by atoms with Gasteiger partial charge in [0.2, 0.25) is 0 Å². The number of anilines is 1. The molecule has 1 N–H and O–H groups in total. The van der Waals surface area contributed by atoms with Crippen molar-refractivity contribution in [3.05, 3.63) is 113 Å². The van der Waals surface area contributed by atoms with Crippen molar-refractivity contribution < 1.29 is 22.3 Å². The Balaban J connectivity index is 0.949. The van der Waals surface area contributed by atoms with E-state index in [0.717, 1.165) is 56.4 Å². The summed E-state index contributed by atoms with van der Waals surface area (Å²) < 4.78 is 64.6. The fourth-order valence-electron chi connectivity index (χ4n) is 9.71. The number of nitrogens with one attached hydrogen (secondary N) is 1. The Kier molecular flexibility index (Phi) is 7.83. The first-order chi connectivity index (χ1) is 26.7. The molecule has 14 heteroatoms. The Hall–Kier alpha value is -5.65. The SMILES string of the molecule is N#CCC1(n2cc(-c3ncnc4[nH]ccc34)cn2)CN(C2C3COCC2CN(c2c(Cc4ccnc(C(F)(F)F)c4F)ccc4c2Cc2ccccc2-4)C3)C1. The van der Waals surface area contributed by atoms with E-state index in [0.29, 0.717) is 52.2 Å². The van der Waals surface area contributed by atoms with Gasteiger partial charge in [-0.05, 0) is 45.5 Å². The zero-order valence-corrected chi connectivity index (χ0v) is 29.6. The van der Waals surface area contributed by atoms with Crippen LogP contribution in [0.5, 0.6) is 0 Å². The fourth-order valence-corrected chi connectivity index (χ4v) is 9.71. The van der Waals surface area contributed by atoms with E-state index in [-0.39, 0.29) is 29.9 Å². The molecule has 0 spiro atoms. The minimum Gasteiger partial charge on any atom is -0.381 e. The average Bonchev–Trinajstić information content (AvgIpc) is 3.92. The average molecular weight is 746 g/mol. The van der Waals surface area contributed by atoms with Gasteiger partial charge in [-0.2, -0.15) is 23.5 Å². The molecule has 3 fully saturated rings. The summed E-state index contributed by atoms with van der Waals surface area (Å²) in [4.78, 5) is 20.1. The summed E-state index contributed by atoms with van der Waals surface area (Å²) in [5, 5.41) is 15.7. The van der Waals surface area contributed by atoms with Gasteiger partial charge < -0.3 is 14.6 Å². The summed E-state index contributed by atoms with van der Waals surface area (Å²) in [5.74, 6) is -1.07. The molecule has 10 nitrogen and oxygen atoms in total. The number of likely N-dealkylation sites (tertiary alicyclic amines) is 1. The standard InChI is InChI=1S/C41H35F4N9O/c42-34-25(7-11-47-38(34)41(43,44)45)13-26-5-6-31-30-4-2-1-3-24(30)14-33(31)37(26)52-16-28-19-55-20-29(17-52)36(28)53-21-40(22-53,9-10-46)54-18-27(15-51-54)35-32-8-12-48-39(32)50-23-49-35/h1-8,11-12,15,18,23,28-29,36H,9,13-14,16-17,19-22H2,(H,48,49,50). The smallest absolute Gasteiger partial charge is 0.381 e. The predicted octanol–water partition coefficient (Wildman–Crippen LogP) is 6.61. The van der Waals surface area contributed by atoms with Crippen molar-refractivity contribution in [3.8, 4) is 28.5 Å². The van der Waals surface area contributed by atoms with E-state index in [2.05, 4.69) is 47.9 Å². The normalized spacial score (nSPS) is 21.6. The van der Waals surface area contributed by atoms with Crippen LogP contribution in [0.2, 0.25) is 0 Å². The van der Waals surface area contributed by atoms with Crippen molar-refractivity contribution in [2.24, 2.45) is 11.8 Å². The van der Waals surface area contributed by atoms with Gasteiger partial charge in [0.1, 0.15) is 17.5 Å². The van der Waals surface area contributed by atoms with Crippen LogP contribution in [0, 0.1) is 29.0 Å². The largest absolute Gasteiger partial charge is 0.436 e. The van der Waals surface area contributed by atoms with Crippen LogP contribution < -0.4 is 4.90 Å². The third-order valence-corrected chi connectivity index (χ3v) is 12.0. The number of hydrogen-bond donors (Lipinski definition) is 1. The maximum Gasteiger partial charge on any atom is 0.436 e. The number of H-pyrrole nitrogens is 1. The molecule has 10 rings (SSSR count). The second-order valence-corrected chi connectivity index (χ2v) is 15.3. The predicted molar refractivity (Wildman–Crippen MR) is 195 cm³/mol. The quantitative estimate of drug-likeness (QED) is 0.182. The maximum absolute atomic E-state index is 15.4. The van der Waals surface area contributed by atoms with E-state index in [4.69, 9.17) is 9.84 Å². The Morgan fingerprint density at radius 1 is 0.964 bits per heavy atom. The van der Waals surface area contributed by atoms with Crippen molar-refractivity contribution in [3.63, 3.8) is 0 Å². The molecule has 2 bridgehead atoms. The highest BCUT2D eigenvalue weighted by Gasteiger charge is 2.54. The number of benzene rings is 2. The first-order valence-corrected chi connectivity index (χ1v) is 18.4. The number of fused-ring (bicyclic) bond motifs is 6. The van der Waals surface area contributed by atoms with E-state index in [1.807, 2.05) is 47.4 Å². The zero-order chi connectivity index (χ0) is 37.5. The van der Waals surface area contributed by atoms with Gasteiger partial charge in [0, 0.05) is 92.1 Å². The van der Waals surface area contributed by atoms with Gasteiger partial charge in [-0.25, -0.2) is 19.3 Å². The lowest BCUT2D eigenvalue weighted by Crippen LogP contribution is -2.71. The molecule has 4 aliphatic rings. The van der Waals surface area contributed by atoms with Gasteiger partial charge >= 0.3 is 6.18 Å². The zero-order valence-electron chi connectivity index (χ0n) is 29.6. The maximum atomic E-state index is 15.4. The topological polar surface area (TPSA) is 112 Å². The van der Waals surface area contributed by atoms with Crippen molar-refractivity contribution in [2.75, 3.05) is 44.3 Å². The second kappa shape index (κ2) is 12.7.